The van der Waals surface area contributed by atoms with Gasteiger partial charge in [-0.25, -0.2) is 4.98 Å². The maximum Gasteiger partial charge on any atom is 0.138 e. The second kappa shape index (κ2) is 7.14. The zero-order chi connectivity index (χ0) is 14.4. The van der Waals surface area contributed by atoms with Crippen LogP contribution in [0, 0.1) is 0 Å². The van der Waals surface area contributed by atoms with Gasteiger partial charge in [-0.15, -0.1) is 0 Å². The van der Waals surface area contributed by atoms with Crippen LogP contribution in [0.1, 0.15) is 43.8 Å². The zero-order valence-electron chi connectivity index (χ0n) is 12.5. The van der Waals surface area contributed by atoms with Crippen LogP contribution in [0.4, 0.5) is 0 Å². The number of nitrogens with zero attached hydrogens (tertiary/aromatic N) is 4. The highest BCUT2D eigenvalue weighted by Crippen LogP contribution is 2.21. The van der Waals surface area contributed by atoms with Gasteiger partial charge in [0.15, 0.2) is 0 Å². The Morgan fingerprint density at radius 1 is 1.30 bits per heavy atom. The van der Waals surface area contributed by atoms with Gasteiger partial charge in [0.05, 0.1) is 0 Å². The maximum absolute atomic E-state index is 4.39. The molecule has 0 aromatic carbocycles. The number of hydrogen-bond acceptors (Lipinski definition) is 4. The van der Waals surface area contributed by atoms with Crippen LogP contribution in [-0.2, 0) is 19.4 Å². The highest BCUT2D eigenvalue weighted by Gasteiger charge is 2.17. The molecule has 0 saturated carbocycles. The van der Waals surface area contributed by atoms with E-state index in [1.54, 1.807) is 6.33 Å². The third kappa shape index (κ3) is 3.22. The van der Waals surface area contributed by atoms with Crippen LogP contribution < -0.4 is 5.32 Å². The fourth-order valence-electron chi connectivity index (χ4n) is 2.50. The highest BCUT2D eigenvalue weighted by molar-refractivity contribution is 5.27. The van der Waals surface area contributed by atoms with Gasteiger partial charge in [0.1, 0.15) is 12.2 Å². The molecule has 0 amide bonds. The van der Waals surface area contributed by atoms with Gasteiger partial charge in [0.2, 0.25) is 0 Å². The molecule has 0 saturated heterocycles. The number of likely N-dealkylation sites (N-methyl/N-ethyl adjacent to an activating group) is 1. The molecule has 0 aliphatic carbocycles. The summed E-state index contributed by atoms with van der Waals surface area (Å²) in [4.78, 5) is 8.61. The summed E-state index contributed by atoms with van der Waals surface area (Å²) in [6.45, 7) is 8.16. The standard InChI is InChI=1S/C15H23N5/c1-4-12-10-16-8-7-13(12)14(17-5-2)9-15-18-11-19-20(15)6-3/h7-8,10-11,14,17H,4-6,9H2,1-3H3. The number of pyridine rings is 1. The molecule has 0 bridgehead atoms. The maximum atomic E-state index is 4.39. The van der Waals surface area contributed by atoms with Gasteiger partial charge in [-0.3, -0.25) is 9.67 Å². The van der Waals surface area contributed by atoms with E-state index in [2.05, 4.69) is 47.2 Å². The zero-order valence-corrected chi connectivity index (χ0v) is 12.5. The first kappa shape index (κ1) is 14.7. The van der Waals surface area contributed by atoms with Crippen molar-refractivity contribution in [2.45, 2.75) is 46.2 Å². The summed E-state index contributed by atoms with van der Waals surface area (Å²) in [6.07, 6.45) is 7.30. The van der Waals surface area contributed by atoms with Crippen LogP contribution in [0.2, 0.25) is 0 Å². The minimum atomic E-state index is 0.257. The summed E-state index contributed by atoms with van der Waals surface area (Å²) in [6, 6.07) is 2.37. The van der Waals surface area contributed by atoms with Crippen LogP contribution in [0.3, 0.4) is 0 Å². The van der Waals surface area contributed by atoms with Gasteiger partial charge in [0.25, 0.3) is 0 Å². The number of hydrogen-bond donors (Lipinski definition) is 1. The lowest BCUT2D eigenvalue weighted by molar-refractivity contribution is 0.506. The van der Waals surface area contributed by atoms with E-state index >= 15 is 0 Å². The molecule has 1 atom stereocenters. The Morgan fingerprint density at radius 3 is 2.85 bits per heavy atom. The van der Waals surface area contributed by atoms with Crippen molar-refractivity contribution >= 4 is 0 Å². The molecule has 0 fully saturated rings. The summed E-state index contributed by atoms with van der Waals surface area (Å²) in [7, 11) is 0. The smallest absolute Gasteiger partial charge is 0.138 e. The summed E-state index contributed by atoms with van der Waals surface area (Å²) < 4.78 is 1.96. The summed E-state index contributed by atoms with van der Waals surface area (Å²) in [5.41, 5.74) is 2.61. The highest BCUT2D eigenvalue weighted by atomic mass is 15.3. The van der Waals surface area contributed by atoms with Crippen molar-refractivity contribution in [3.05, 3.63) is 41.7 Å². The lowest BCUT2D eigenvalue weighted by Crippen LogP contribution is -2.25. The van der Waals surface area contributed by atoms with E-state index in [9.17, 15) is 0 Å². The summed E-state index contributed by atoms with van der Waals surface area (Å²) >= 11 is 0. The molecule has 1 N–H and O–H groups in total. The quantitative estimate of drug-likeness (QED) is 0.840. The Kier molecular flexibility index (Phi) is 5.24. The largest absolute Gasteiger partial charge is 0.310 e. The molecule has 0 aliphatic rings. The lowest BCUT2D eigenvalue weighted by atomic mass is 9.98. The van der Waals surface area contributed by atoms with Gasteiger partial charge in [0, 0.05) is 31.4 Å². The molecule has 2 rings (SSSR count). The third-order valence-electron chi connectivity index (χ3n) is 3.53. The third-order valence-corrected chi connectivity index (χ3v) is 3.53. The molecule has 0 radical (unpaired) electrons. The molecule has 2 aromatic rings. The van der Waals surface area contributed by atoms with E-state index in [0.717, 1.165) is 31.8 Å². The predicted molar refractivity (Wildman–Crippen MR) is 79.4 cm³/mol. The first-order valence-corrected chi connectivity index (χ1v) is 7.32. The van der Waals surface area contributed by atoms with Gasteiger partial charge in [-0.05, 0) is 37.1 Å². The monoisotopic (exact) mass is 273 g/mol. The molecule has 108 valence electrons. The van der Waals surface area contributed by atoms with E-state index in [-0.39, 0.29) is 6.04 Å². The topological polar surface area (TPSA) is 55.6 Å². The minimum Gasteiger partial charge on any atom is -0.310 e. The van der Waals surface area contributed by atoms with Crippen LogP contribution >= 0.6 is 0 Å². The normalized spacial score (nSPS) is 12.6. The van der Waals surface area contributed by atoms with Crippen LogP contribution in [-0.4, -0.2) is 26.3 Å². The summed E-state index contributed by atoms with van der Waals surface area (Å²) in [5.74, 6) is 1.03. The van der Waals surface area contributed by atoms with Crippen molar-refractivity contribution < 1.29 is 0 Å². The molecular formula is C15H23N5. The van der Waals surface area contributed by atoms with E-state index in [4.69, 9.17) is 0 Å². The molecular weight excluding hydrogens is 250 g/mol. The van der Waals surface area contributed by atoms with Crippen molar-refractivity contribution in [1.29, 1.82) is 0 Å². The molecule has 0 aliphatic heterocycles. The lowest BCUT2D eigenvalue weighted by Gasteiger charge is -2.20. The summed E-state index contributed by atoms with van der Waals surface area (Å²) in [5, 5.41) is 7.80. The van der Waals surface area contributed by atoms with E-state index in [1.807, 2.05) is 17.1 Å². The second-order valence-corrected chi connectivity index (χ2v) is 4.73. The molecule has 0 spiro atoms. The van der Waals surface area contributed by atoms with E-state index in [1.165, 1.54) is 11.1 Å². The molecule has 1 unspecified atom stereocenters. The van der Waals surface area contributed by atoms with Gasteiger partial charge < -0.3 is 5.32 Å². The molecule has 5 nitrogen and oxygen atoms in total. The van der Waals surface area contributed by atoms with Gasteiger partial charge in [-0.2, -0.15) is 5.10 Å². The Morgan fingerprint density at radius 2 is 2.15 bits per heavy atom. The van der Waals surface area contributed by atoms with Crippen LogP contribution in [0.5, 0.6) is 0 Å². The number of aromatic nitrogens is 4. The van der Waals surface area contributed by atoms with Crippen molar-refractivity contribution in [1.82, 2.24) is 25.1 Å². The van der Waals surface area contributed by atoms with E-state index in [0.29, 0.717) is 0 Å². The predicted octanol–water partition coefficient (Wildman–Crippen LogP) is 2.15. The molecule has 20 heavy (non-hydrogen) atoms. The minimum absolute atomic E-state index is 0.257. The van der Waals surface area contributed by atoms with Crippen molar-refractivity contribution in [2.24, 2.45) is 0 Å². The van der Waals surface area contributed by atoms with Gasteiger partial charge in [-0.1, -0.05) is 13.8 Å². The Bertz CT molecular complexity index is 535. The Hall–Kier alpha value is -1.75. The fraction of sp³-hybridized carbons (Fsp3) is 0.533. The second-order valence-electron chi connectivity index (χ2n) is 4.73. The Labute approximate surface area is 120 Å². The number of aryl methyl sites for hydroxylation is 2. The van der Waals surface area contributed by atoms with Crippen molar-refractivity contribution in [3.63, 3.8) is 0 Å². The number of rotatable bonds is 7. The average molecular weight is 273 g/mol. The Balaban J connectivity index is 2.27. The van der Waals surface area contributed by atoms with Gasteiger partial charge >= 0.3 is 0 Å². The first-order chi connectivity index (χ1) is 9.80. The fourth-order valence-corrected chi connectivity index (χ4v) is 2.50. The average Bonchev–Trinajstić information content (AvgIpc) is 2.94. The van der Waals surface area contributed by atoms with Crippen LogP contribution in [0.25, 0.3) is 0 Å². The molecule has 2 heterocycles. The van der Waals surface area contributed by atoms with Crippen LogP contribution in [0.15, 0.2) is 24.8 Å². The molecule has 2 aromatic heterocycles. The molecule has 5 heteroatoms. The van der Waals surface area contributed by atoms with Crippen molar-refractivity contribution in [2.75, 3.05) is 6.54 Å². The first-order valence-electron chi connectivity index (χ1n) is 7.32. The number of nitrogens with one attached hydrogen (secondary N) is 1. The van der Waals surface area contributed by atoms with E-state index < -0.39 is 0 Å². The SMILES string of the molecule is CCNC(Cc1ncnn1CC)c1ccncc1CC. The van der Waals surface area contributed by atoms with Crippen molar-refractivity contribution in [3.8, 4) is 0 Å².